The smallest absolute Gasteiger partial charge is 0.242 e. The maximum Gasteiger partial charge on any atom is 0.242 e. The second kappa shape index (κ2) is 8.68. The third-order valence-electron chi connectivity index (χ3n) is 3.62. The molecule has 0 aliphatic carbocycles. The fourth-order valence-corrected chi connectivity index (χ4v) is 3.33. The summed E-state index contributed by atoms with van der Waals surface area (Å²) in [5.74, 6) is 1.14. The van der Waals surface area contributed by atoms with Gasteiger partial charge in [-0.15, -0.1) is 0 Å². The van der Waals surface area contributed by atoms with Gasteiger partial charge in [0.2, 0.25) is 15.9 Å². The fourth-order valence-electron chi connectivity index (χ4n) is 2.18. The number of carbonyl (C=O) groups is 1. The van der Waals surface area contributed by atoms with Crippen molar-refractivity contribution in [2.45, 2.75) is 11.8 Å². The van der Waals surface area contributed by atoms with E-state index in [9.17, 15) is 13.2 Å². The number of methoxy groups -OCH3 is 1. The van der Waals surface area contributed by atoms with Gasteiger partial charge in [0, 0.05) is 26.2 Å². The Balaban J connectivity index is 1.94. The van der Waals surface area contributed by atoms with Crippen LogP contribution in [0.3, 0.4) is 0 Å². The topological polar surface area (TPSA) is 84.9 Å². The number of sulfonamides is 1. The highest BCUT2D eigenvalue weighted by Gasteiger charge is 2.20. The zero-order chi connectivity index (χ0) is 19.2. The van der Waals surface area contributed by atoms with Crippen LogP contribution in [0.25, 0.3) is 0 Å². The zero-order valence-electron chi connectivity index (χ0n) is 14.9. The number of nitrogens with zero attached hydrogens (tertiary/aromatic N) is 1. The van der Waals surface area contributed by atoms with Gasteiger partial charge in [0.05, 0.1) is 12.0 Å². The molecule has 8 heteroatoms. The van der Waals surface area contributed by atoms with Crippen molar-refractivity contribution >= 4 is 21.6 Å². The normalized spacial score (nSPS) is 11.2. The molecule has 0 aromatic heterocycles. The predicted molar refractivity (Wildman–Crippen MR) is 99.1 cm³/mol. The van der Waals surface area contributed by atoms with Crippen LogP contribution in [-0.2, 0) is 14.8 Å². The van der Waals surface area contributed by atoms with Gasteiger partial charge in [0.25, 0.3) is 0 Å². The lowest BCUT2D eigenvalue weighted by Crippen LogP contribution is -2.31. The molecule has 7 nitrogen and oxygen atoms in total. The number of benzene rings is 2. The Kier molecular flexibility index (Phi) is 6.59. The lowest BCUT2D eigenvalue weighted by molar-refractivity contribution is -0.114. The van der Waals surface area contributed by atoms with Gasteiger partial charge in [-0.1, -0.05) is 0 Å². The lowest BCUT2D eigenvalue weighted by atomic mass is 10.3. The number of hydrogen-bond acceptors (Lipinski definition) is 5. The van der Waals surface area contributed by atoms with Gasteiger partial charge in [-0.2, -0.15) is 4.31 Å². The Morgan fingerprint density at radius 2 is 1.62 bits per heavy atom. The minimum Gasteiger partial charge on any atom is -0.497 e. The Labute approximate surface area is 153 Å². The first-order valence-corrected chi connectivity index (χ1v) is 9.38. The Morgan fingerprint density at radius 3 is 2.15 bits per heavy atom. The summed E-state index contributed by atoms with van der Waals surface area (Å²) >= 11 is 0. The van der Waals surface area contributed by atoms with Crippen molar-refractivity contribution in [3.63, 3.8) is 0 Å². The Hall–Kier alpha value is -2.58. The average Bonchev–Trinajstić information content (AvgIpc) is 2.62. The highest BCUT2D eigenvalue weighted by Crippen LogP contribution is 2.19. The number of hydrogen-bond donors (Lipinski definition) is 1. The zero-order valence-corrected chi connectivity index (χ0v) is 15.7. The quantitative estimate of drug-likeness (QED) is 0.762. The van der Waals surface area contributed by atoms with Crippen molar-refractivity contribution in [1.29, 1.82) is 0 Å². The van der Waals surface area contributed by atoms with Crippen LogP contribution in [0, 0.1) is 0 Å². The average molecular weight is 378 g/mol. The molecule has 0 radical (unpaired) electrons. The predicted octanol–water partition coefficient (Wildman–Crippen LogP) is 2.35. The van der Waals surface area contributed by atoms with E-state index in [0.717, 1.165) is 5.75 Å². The summed E-state index contributed by atoms with van der Waals surface area (Å²) in [5, 5.41) is 2.60. The molecule has 26 heavy (non-hydrogen) atoms. The second-order valence-electron chi connectivity index (χ2n) is 5.56. The van der Waals surface area contributed by atoms with Crippen molar-refractivity contribution in [2.24, 2.45) is 0 Å². The van der Waals surface area contributed by atoms with Crippen molar-refractivity contribution in [3.05, 3.63) is 48.5 Å². The molecule has 0 fully saturated rings. The molecule has 2 aromatic carbocycles. The van der Waals surface area contributed by atoms with Crippen LogP contribution in [0.4, 0.5) is 5.69 Å². The Bertz CT molecular complexity index is 833. The fraction of sp³-hybridized carbons (Fsp3) is 0.278. The molecule has 0 bridgehead atoms. The summed E-state index contributed by atoms with van der Waals surface area (Å²) in [6.45, 7) is 1.80. The van der Waals surface area contributed by atoms with E-state index in [1.165, 1.54) is 30.4 Å². The van der Waals surface area contributed by atoms with Gasteiger partial charge in [-0.05, 0) is 48.5 Å². The van der Waals surface area contributed by atoms with Crippen molar-refractivity contribution in [1.82, 2.24) is 4.31 Å². The van der Waals surface area contributed by atoms with E-state index in [1.807, 2.05) is 0 Å². The number of likely N-dealkylation sites (N-methyl/N-ethyl adjacent to an activating group) is 1. The van der Waals surface area contributed by atoms with Crippen LogP contribution >= 0.6 is 0 Å². The third kappa shape index (κ3) is 5.21. The molecule has 2 rings (SSSR count). The van der Waals surface area contributed by atoms with Crippen molar-refractivity contribution in [2.75, 3.05) is 32.6 Å². The first-order chi connectivity index (χ1) is 12.3. The molecule has 0 heterocycles. The highest BCUT2D eigenvalue weighted by molar-refractivity contribution is 7.89. The molecule has 0 saturated heterocycles. The van der Waals surface area contributed by atoms with Gasteiger partial charge in [-0.3, -0.25) is 4.79 Å². The summed E-state index contributed by atoms with van der Waals surface area (Å²) in [4.78, 5) is 11.2. The van der Waals surface area contributed by atoms with Gasteiger partial charge < -0.3 is 14.8 Å². The molecule has 0 spiro atoms. The van der Waals surface area contributed by atoms with Crippen molar-refractivity contribution < 1.29 is 22.7 Å². The Morgan fingerprint density at radius 1 is 1.04 bits per heavy atom. The van der Waals surface area contributed by atoms with E-state index in [2.05, 4.69) is 5.32 Å². The van der Waals surface area contributed by atoms with Crippen molar-refractivity contribution in [3.8, 4) is 11.5 Å². The van der Waals surface area contributed by atoms with Gasteiger partial charge >= 0.3 is 0 Å². The van der Waals surface area contributed by atoms with Crippen LogP contribution in [0.1, 0.15) is 6.92 Å². The molecule has 0 unspecified atom stereocenters. The monoisotopic (exact) mass is 378 g/mol. The minimum absolute atomic E-state index is 0.151. The second-order valence-corrected chi connectivity index (χ2v) is 7.60. The third-order valence-corrected chi connectivity index (χ3v) is 5.49. The first kappa shape index (κ1) is 19.7. The molecule has 0 aliphatic heterocycles. The summed E-state index contributed by atoms with van der Waals surface area (Å²) in [5.41, 5.74) is 0.543. The number of rotatable bonds is 8. The van der Waals surface area contributed by atoms with Crippen LogP contribution in [0.5, 0.6) is 11.5 Å². The number of anilines is 1. The number of amides is 1. The molecular weight excluding hydrogens is 356 g/mol. The SMILES string of the molecule is COc1ccc(OCCN(C)S(=O)(=O)c2ccc(NC(C)=O)cc2)cc1. The summed E-state index contributed by atoms with van der Waals surface area (Å²) in [7, 11) is -0.552. The van der Waals surface area contributed by atoms with Crippen LogP contribution in [-0.4, -0.2) is 45.9 Å². The molecule has 0 aliphatic rings. The minimum atomic E-state index is -3.63. The van der Waals surface area contributed by atoms with Gasteiger partial charge in [-0.25, -0.2) is 8.42 Å². The lowest BCUT2D eigenvalue weighted by Gasteiger charge is -2.18. The number of carbonyl (C=O) groups excluding carboxylic acids is 1. The molecule has 0 atom stereocenters. The van der Waals surface area contributed by atoms with E-state index in [4.69, 9.17) is 9.47 Å². The van der Waals surface area contributed by atoms with Crippen LogP contribution in [0.15, 0.2) is 53.4 Å². The van der Waals surface area contributed by atoms with Crippen LogP contribution in [0.2, 0.25) is 0 Å². The number of ether oxygens (including phenoxy) is 2. The van der Waals surface area contributed by atoms with E-state index in [-0.39, 0.29) is 24.0 Å². The summed E-state index contributed by atoms with van der Waals surface area (Å²) < 4.78 is 37.0. The standard InChI is InChI=1S/C18H22N2O5S/c1-14(21)19-15-4-10-18(11-5-15)26(22,23)20(2)12-13-25-17-8-6-16(24-3)7-9-17/h4-11H,12-13H2,1-3H3,(H,19,21). The van der Waals surface area contributed by atoms with Gasteiger partial charge in [0.1, 0.15) is 18.1 Å². The number of nitrogens with one attached hydrogen (secondary N) is 1. The maximum absolute atomic E-state index is 12.6. The molecule has 140 valence electrons. The molecule has 2 aromatic rings. The van der Waals surface area contributed by atoms with Crippen LogP contribution < -0.4 is 14.8 Å². The van der Waals surface area contributed by atoms with E-state index in [0.29, 0.717) is 11.4 Å². The van der Waals surface area contributed by atoms with E-state index >= 15 is 0 Å². The largest absolute Gasteiger partial charge is 0.497 e. The van der Waals surface area contributed by atoms with Gasteiger partial charge in [0.15, 0.2) is 0 Å². The molecule has 0 saturated carbocycles. The molecular formula is C18H22N2O5S. The van der Waals surface area contributed by atoms with E-state index in [1.54, 1.807) is 43.5 Å². The first-order valence-electron chi connectivity index (χ1n) is 7.94. The maximum atomic E-state index is 12.6. The highest BCUT2D eigenvalue weighted by atomic mass is 32.2. The molecule has 1 amide bonds. The van der Waals surface area contributed by atoms with E-state index < -0.39 is 10.0 Å². The summed E-state index contributed by atoms with van der Waals surface area (Å²) in [6, 6.07) is 13.1. The molecule has 1 N–H and O–H groups in total. The summed E-state index contributed by atoms with van der Waals surface area (Å²) in [6.07, 6.45) is 0.